The number of piperidine rings is 1. The molecule has 0 saturated carbocycles. The summed E-state index contributed by atoms with van der Waals surface area (Å²) in [7, 11) is 0. The third kappa shape index (κ3) is 3.51. The lowest BCUT2D eigenvalue weighted by molar-refractivity contribution is 0.448. The molecule has 1 heterocycles. The predicted octanol–water partition coefficient (Wildman–Crippen LogP) is 3.87. The minimum absolute atomic E-state index is 0.111. The Morgan fingerprint density at radius 1 is 1.35 bits per heavy atom. The molecule has 0 aromatic heterocycles. The van der Waals surface area contributed by atoms with Crippen LogP contribution in [0.25, 0.3) is 0 Å². The summed E-state index contributed by atoms with van der Waals surface area (Å²) in [5.74, 6) is -0.155. The van der Waals surface area contributed by atoms with Gasteiger partial charge in [0, 0.05) is 24.3 Å². The quantitative estimate of drug-likeness (QED) is 0.885. The monoisotopic (exact) mass is 278 g/mol. The molecule has 20 heavy (non-hydrogen) atoms. The summed E-state index contributed by atoms with van der Waals surface area (Å²) in [4.78, 5) is 2.47. The number of hydrogen-bond acceptors (Lipinski definition) is 2. The molecule has 1 aromatic rings. The van der Waals surface area contributed by atoms with Gasteiger partial charge in [0.15, 0.2) is 0 Å². The minimum atomic E-state index is -0.155. The normalized spacial score (nSPS) is 21.0. The number of benzene rings is 1. The van der Waals surface area contributed by atoms with Gasteiger partial charge in [-0.3, -0.25) is 0 Å². The third-order valence-corrected chi connectivity index (χ3v) is 4.46. The van der Waals surface area contributed by atoms with Gasteiger partial charge in [-0.1, -0.05) is 13.8 Å². The van der Waals surface area contributed by atoms with E-state index in [-0.39, 0.29) is 11.9 Å². The van der Waals surface area contributed by atoms with Gasteiger partial charge in [-0.2, -0.15) is 0 Å². The largest absolute Gasteiger partial charge is 0.368 e. The minimum Gasteiger partial charge on any atom is -0.368 e. The molecule has 0 spiro atoms. The van der Waals surface area contributed by atoms with E-state index in [9.17, 15) is 4.39 Å². The Hall–Kier alpha value is -1.09. The highest BCUT2D eigenvalue weighted by Gasteiger charge is 2.23. The van der Waals surface area contributed by atoms with Gasteiger partial charge >= 0.3 is 0 Å². The third-order valence-electron chi connectivity index (χ3n) is 4.46. The van der Waals surface area contributed by atoms with Gasteiger partial charge in [-0.25, -0.2) is 4.39 Å². The zero-order valence-corrected chi connectivity index (χ0v) is 12.7. The Kier molecular flexibility index (Phi) is 5.41. The average Bonchev–Trinajstić information content (AvgIpc) is 2.47. The summed E-state index contributed by atoms with van der Waals surface area (Å²) in [6.07, 6.45) is 6.61. The van der Waals surface area contributed by atoms with Crippen LogP contribution in [0.15, 0.2) is 18.2 Å². The summed E-state index contributed by atoms with van der Waals surface area (Å²) in [6, 6.07) is 5.90. The molecule has 3 heteroatoms. The van der Waals surface area contributed by atoms with E-state index in [1.807, 2.05) is 6.07 Å². The molecule has 2 N–H and O–H groups in total. The maximum absolute atomic E-state index is 13.6. The van der Waals surface area contributed by atoms with Crippen molar-refractivity contribution in [1.29, 1.82) is 0 Å². The summed E-state index contributed by atoms with van der Waals surface area (Å²) in [5.41, 5.74) is 8.35. The van der Waals surface area contributed by atoms with Crippen molar-refractivity contribution in [2.45, 2.75) is 64.5 Å². The number of hydrogen-bond donors (Lipinski definition) is 1. The number of rotatable bonds is 5. The van der Waals surface area contributed by atoms with Crippen LogP contribution in [0.5, 0.6) is 0 Å². The van der Waals surface area contributed by atoms with E-state index >= 15 is 0 Å². The highest BCUT2D eigenvalue weighted by molar-refractivity contribution is 5.55. The molecule has 1 aliphatic heterocycles. The first-order chi connectivity index (χ1) is 9.65. The maximum Gasteiger partial charge on any atom is 0.123 e. The average molecular weight is 278 g/mol. The Balaban J connectivity index is 2.29. The number of nitrogens with zero attached hydrogens (tertiary/aromatic N) is 1. The Labute approximate surface area is 122 Å². The van der Waals surface area contributed by atoms with Gasteiger partial charge in [0.05, 0.1) is 0 Å². The second-order valence-electron chi connectivity index (χ2n) is 5.90. The van der Waals surface area contributed by atoms with E-state index in [1.54, 1.807) is 12.1 Å². The molecular formula is C17H27FN2. The summed E-state index contributed by atoms with van der Waals surface area (Å²) in [6.45, 7) is 5.40. The Bertz CT molecular complexity index is 433. The molecule has 0 radical (unpaired) electrons. The van der Waals surface area contributed by atoms with Gasteiger partial charge in [0.2, 0.25) is 0 Å². The van der Waals surface area contributed by atoms with E-state index in [1.165, 1.54) is 24.9 Å². The summed E-state index contributed by atoms with van der Waals surface area (Å²) in [5, 5.41) is 0. The standard InChI is InChI=1S/C17H27FN2/c1-3-15(19)12-13-11-14(18)8-9-17(13)20-10-6-5-7-16(20)4-2/h8-9,11,15-16H,3-7,10,12,19H2,1-2H3. The second-order valence-corrected chi connectivity index (χ2v) is 5.90. The molecule has 1 aromatic carbocycles. The van der Waals surface area contributed by atoms with Crippen molar-refractivity contribution in [3.05, 3.63) is 29.6 Å². The number of anilines is 1. The van der Waals surface area contributed by atoms with Crippen LogP contribution in [0.4, 0.5) is 10.1 Å². The van der Waals surface area contributed by atoms with Crippen LogP contribution in [-0.2, 0) is 6.42 Å². The fourth-order valence-corrected chi connectivity index (χ4v) is 3.17. The summed E-state index contributed by atoms with van der Waals surface area (Å²) < 4.78 is 13.6. The fraction of sp³-hybridized carbons (Fsp3) is 0.647. The van der Waals surface area contributed by atoms with E-state index in [4.69, 9.17) is 5.73 Å². The topological polar surface area (TPSA) is 29.3 Å². The van der Waals surface area contributed by atoms with E-state index < -0.39 is 0 Å². The Morgan fingerprint density at radius 2 is 2.15 bits per heavy atom. The molecule has 1 aliphatic rings. The van der Waals surface area contributed by atoms with E-state index in [0.29, 0.717) is 6.04 Å². The smallest absolute Gasteiger partial charge is 0.123 e. The molecule has 2 atom stereocenters. The van der Waals surface area contributed by atoms with E-state index in [2.05, 4.69) is 18.7 Å². The van der Waals surface area contributed by atoms with E-state index in [0.717, 1.165) is 31.4 Å². The van der Waals surface area contributed by atoms with Crippen molar-refractivity contribution in [1.82, 2.24) is 0 Å². The van der Waals surface area contributed by atoms with Crippen LogP contribution in [0, 0.1) is 5.82 Å². The van der Waals surface area contributed by atoms with Gasteiger partial charge in [0.1, 0.15) is 5.82 Å². The molecule has 1 fully saturated rings. The van der Waals surface area contributed by atoms with Gasteiger partial charge in [-0.15, -0.1) is 0 Å². The van der Waals surface area contributed by atoms with Crippen molar-refractivity contribution in [2.75, 3.05) is 11.4 Å². The summed E-state index contributed by atoms with van der Waals surface area (Å²) >= 11 is 0. The molecule has 2 nitrogen and oxygen atoms in total. The first-order valence-electron chi connectivity index (χ1n) is 7.96. The first-order valence-corrected chi connectivity index (χ1v) is 7.96. The molecule has 2 rings (SSSR count). The maximum atomic E-state index is 13.6. The van der Waals surface area contributed by atoms with Gasteiger partial charge < -0.3 is 10.6 Å². The fourth-order valence-electron chi connectivity index (χ4n) is 3.17. The Morgan fingerprint density at radius 3 is 2.85 bits per heavy atom. The molecular weight excluding hydrogens is 251 g/mol. The van der Waals surface area contributed by atoms with Crippen LogP contribution in [0.2, 0.25) is 0 Å². The molecule has 0 aliphatic carbocycles. The molecule has 112 valence electrons. The van der Waals surface area contributed by atoms with Gasteiger partial charge in [0.25, 0.3) is 0 Å². The molecule has 1 saturated heterocycles. The zero-order valence-electron chi connectivity index (χ0n) is 12.7. The number of nitrogens with two attached hydrogens (primary N) is 1. The predicted molar refractivity (Wildman–Crippen MR) is 83.6 cm³/mol. The molecule has 0 amide bonds. The van der Waals surface area contributed by atoms with Crippen LogP contribution >= 0.6 is 0 Å². The van der Waals surface area contributed by atoms with Gasteiger partial charge in [-0.05, 0) is 62.3 Å². The molecule has 0 bridgehead atoms. The van der Waals surface area contributed by atoms with Crippen molar-refractivity contribution in [2.24, 2.45) is 5.73 Å². The number of halogens is 1. The molecule has 2 unspecified atom stereocenters. The highest BCUT2D eigenvalue weighted by Crippen LogP contribution is 2.30. The van der Waals surface area contributed by atoms with Crippen molar-refractivity contribution in [3.63, 3.8) is 0 Å². The highest BCUT2D eigenvalue weighted by atomic mass is 19.1. The van der Waals surface area contributed by atoms with Crippen LogP contribution < -0.4 is 10.6 Å². The van der Waals surface area contributed by atoms with Crippen LogP contribution in [0.3, 0.4) is 0 Å². The SMILES string of the molecule is CCC(N)Cc1cc(F)ccc1N1CCCCC1CC. The zero-order chi connectivity index (χ0) is 14.5. The van der Waals surface area contributed by atoms with Crippen molar-refractivity contribution in [3.8, 4) is 0 Å². The van der Waals surface area contributed by atoms with Crippen molar-refractivity contribution < 1.29 is 4.39 Å². The van der Waals surface area contributed by atoms with Crippen LogP contribution in [-0.4, -0.2) is 18.6 Å². The van der Waals surface area contributed by atoms with Crippen molar-refractivity contribution >= 4 is 5.69 Å². The lowest BCUT2D eigenvalue weighted by Gasteiger charge is -2.38. The second kappa shape index (κ2) is 7.07. The first kappa shape index (κ1) is 15.3. The van der Waals surface area contributed by atoms with Crippen LogP contribution in [0.1, 0.15) is 51.5 Å². The lowest BCUT2D eigenvalue weighted by Crippen LogP contribution is -2.40. The lowest BCUT2D eigenvalue weighted by atomic mass is 9.96.